The second-order valence-corrected chi connectivity index (χ2v) is 4.89. The van der Waals surface area contributed by atoms with Gasteiger partial charge in [0.2, 0.25) is 0 Å². The third kappa shape index (κ3) is 3.88. The average Bonchev–Trinajstić information content (AvgIpc) is 2.07. The van der Waals surface area contributed by atoms with E-state index in [1.165, 1.54) is 11.3 Å². The third-order valence-electron chi connectivity index (χ3n) is 2.00. The van der Waals surface area contributed by atoms with Gasteiger partial charge in [0.15, 0.2) is 0 Å². The number of nitrogens with zero attached hydrogens (tertiary/aromatic N) is 1. The van der Waals surface area contributed by atoms with E-state index in [4.69, 9.17) is 0 Å². The molecule has 0 bridgehead atoms. The Kier molecular flexibility index (Phi) is 3.69. The number of nitrogens with one attached hydrogen (secondary N) is 2. The van der Waals surface area contributed by atoms with E-state index in [2.05, 4.69) is 42.5 Å². The molecule has 2 N–H and O–H groups in total. The first-order valence-corrected chi connectivity index (χ1v) is 5.30. The van der Waals surface area contributed by atoms with Crippen LogP contribution in [0.3, 0.4) is 0 Å². The Bertz CT molecular complexity index is 326. The highest BCUT2D eigenvalue weighted by Crippen LogP contribution is 2.19. The lowest BCUT2D eigenvalue weighted by Gasteiger charge is -2.24. The van der Waals surface area contributed by atoms with E-state index < -0.39 is 0 Å². The molecular weight excluding hydrogens is 186 g/mol. The van der Waals surface area contributed by atoms with Crippen LogP contribution in [0.5, 0.6) is 0 Å². The molecule has 0 spiro atoms. The molecule has 0 aliphatic carbocycles. The molecule has 1 aromatic heterocycles. The van der Waals surface area contributed by atoms with Gasteiger partial charge in [-0.15, -0.1) is 0 Å². The Morgan fingerprint density at radius 2 is 2.00 bits per heavy atom. The molecule has 1 heterocycles. The summed E-state index contributed by atoms with van der Waals surface area (Å²) in [5, 5.41) is 6.64. The number of aryl methyl sites for hydroxylation is 1. The minimum absolute atomic E-state index is 0.0796. The monoisotopic (exact) mass is 207 g/mol. The highest BCUT2D eigenvalue weighted by atomic mass is 15.0. The Morgan fingerprint density at radius 1 is 1.33 bits per heavy atom. The van der Waals surface area contributed by atoms with E-state index in [9.17, 15) is 0 Å². The van der Waals surface area contributed by atoms with E-state index >= 15 is 0 Å². The van der Waals surface area contributed by atoms with Crippen molar-refractivity contribution in [3.05, 3.63) is 23.5 Å². The quantitative estimate of drug-likeness (QED) is 0.798. The molecule has 0 unspecified atom stereocenters. The summed E-state index contributed by atoms with van der Waals surface area (Å²) in [6, 6.07) is 2.10. The predicted molar refractivity (Wildman–Crippen MR) is 65.1 cm³/mol. The second kappa shape index (κ2) is 4.62. The molecule has 0 aliphatic heterocycles. The van der Waals surface area contributed by atoms with Crippen molar-refractivity contribution in [2.24, 2.45) is 0 Å². The van der Waals surface area contributed by atoms with Crippen LogP contribution in [0.25, 0.3) is 0 Å². The molecule has 0 saturated carbocycles. The van der Waals surface area contributed by atoms with Crippen LogP contribution in [0.1, 0.15) is 32.0 Å². The molecule has 0 aliphatic rings. The van der Waals surface area contributed by atoms with Gasteiger partial charge >= 0.3 is 0 Å². The molecule has 0 saturated heterocycles. The topological polar surface area (TPSA) is 37.0 Å². The molecule has 3 heteroatoms. The molecular formula is C12H21N3. The lowest BCUT2D eigenvalue weighted by molar-refractivity contribution is 0.631. The zero-order valence-electron chi connectivity index (χ0n) is 10.3. The third-order valence-corrected chi connectivity index (χ3v) is 2.00. The van der Waals surface area contributed by atoms with Crippen LogP contribution in [-0.2, 0) is 6.54 Å². The van der Waals surface area contributed by atoms with Gasteiger partial charge in [0, 0.05) is 35.2 Å². The molecule has 0 atom stereocenters. The van der Waals surface area contributed by atoms with Crippen molar-refractivity contribution in [3.63, 3.8) is 0 Å². The minimum atomic E-state index is 0.0796. The van der Waals surface area contributed by atoms with Gasteiger partial charge in [-0.2, -0.15) is 0 Å². The van der Waals surface area contributed by atoms with Crippen molar-refractivity contribution in [2.45, 2.75) is 39.8 Å². The number of hydrogen-bond acceptors (Lipinski definition) is 3. The fourth-order valence-electron chi connectivity index (χ4n) is 1.44. The van der Waals surface area contributed by atoms with Crippen LogP contribution in [0, 0.1) is 6.92 Å². The maximum absolute atomic E-state index is 4.31. The van der Waals surface area contributed by atoms with Crippen LogP contribution in [-0.4, -0.2) is 17.6 Å². The SMILES string of the molecule is CNCc1cnc(C)cc1NC(C)(C)C. The van der Waals surface area contributed by atoms with Crippen molar-refractivity contribution < 1.29 is 0 Å². The summed E-state index contributed by atoms with van der Waals surface area (Å²) in [5.41, 5.74) is 3.50. The van der Waals surface area contributed by atoms with E-state index in [1.54, 1.807) is 0 Å². The van der Waals surface area contributed by atoms with Gasteiger partial charge in [-0.25, -0.2) is 0 Å². The summed E-state index contributed by atoms with van der Waals surface area (Å²) < 4.78 is 0. The Balaban J connectivity index is 2.96. The van der Waals surface area contributed by atoms with Crippen LogP contribution < -0.4 is 10.6 Å². The number of rotatable bonds is 3. The molecule has 0 fully saturated rings. The smallest absolute Gasteiger partial charge is 0.0423 e. The number of anilines is 1. The second-order valence-electron chi connectivity index (χ2n) is 4.89. The zero-order valence-corrected chi connectivity index (χ0v) is 10.3. The number of pyridine rings is 1. The molecule has 0 amide bonds. The first-order valence-electron chi connectivity index (χ1n) is 5.30. The van der Waals surface area contributed by atoms with E-state index in [0.29, 0.717) is 0 Å². The van der Waals surface area contributed by atoms with Crippen molar-refractivity contribution in [3.8, 4) is 0 Å². The van der Waals surface area contributed by atoms with Crippen LogP contribution in [0.15, 0.2) is 12.3 Å². The highest BCUT2D eigenvalue weighted by molar-refractivity contribution is 5.52. The highest BCUT2D eigenvalue weighted by Gasteiger charge is 2.12. The lowest BCUT2D eigenvalue weighted by atomic mass is 10.1. The lowest BCUT2D eigenvalue weighted by Crippen LogP contribution is -2.27. The van der Waals surface area contributed by atoms with Gasteiger partial charge in [-0.3, -0.25) is 4.98 Å². The van der Waals surface area contributed by atoms with Gasteiger partial charge < -0.3 is 10.6 Å². The van der Waals surface area contributed by atoms with Crippen molar-refractivity contribution in [2.75, 3.05) is 12.4 Å². The summed E-state index contributed by atoms with van der Waals surface area (Å²) in [6.07, 6.45) is 1.93. The largest absolute Gasteiger partial charge is 0.380 e. The normalized spacial score (nSPS) is 11.5. The van der Waals surface area contributed by atoms with Gasteiger partial charge in [0.05, 0.1) is 0 Å². The maximum atomic E-state index is 4.31. The molecule has 84 valence electrons. The molecule has 0 radical (unpaired) electrons. The van der Waals surface area contributed by atoms with Gasteiger partial charge in [-0.05, 0) is 40.8 Å². The predicted octanol–water partition coefficient (Wildman–Crippen LogP) is 2.32. The zero-order chi connectivity index (χ0) is 11.5. The van der Waals surface area contributed by atoms with Crippen LogP contribution in [0.2, 0.25) is 0 Å². The fraction of sp³-hybridized carbons (Fsp3) is 0.583. The van der Waals surface area contributed by atoms with Crippen molar-refractivity contribution in [1.29, 1.82) is 0 Å². The maximum Gasteiger partial charge on any atom is 0.0423 e. The fourth-order valence-corrected chi connectivity index (χ4v) is 1.44. The summed E-state index contributed by atoms with van der Waals surface area (Å²) >= 11 is 0. The molecule has 0 aromatic carbocycles. The van der Waals surface area contributed by atoms with Gasteiger partial charge in [0.1, 0.15) is 0 Å². The summed E-state index contributed by atoms with van der Waals surface area (Å²) in [7, 11) is 1.95. The summed E-state index contributed by atoms with van der Waals surface area (Å²) in [6.45, 7) is 9.33. The number of hydrogen-bond donors (Lipinski definition) is 2. The number of aromatic nitrogens is 1. The Hall–Kier alpha value is -1.09. The van der Waals surface area contributed by atoms with Crippen LogP contribution in [0.4, 0.5) is 5.69 Å². The van der Waals surface area contributed by atoms with E-state index in [0.717, 1.165) is 12.2 Å². The Labute approximate surface area is 92.3 Å². The summed E-state index contributed by atoms with van der Waals surface area (Å²) in [4.78, 5) is 4.31. The molecule has 15 heavy (non-hydrogen) atoms. The van der Waals surface area contributed by atoms with E-state index in [1.807, 2.05) is 20.2 Å². The van der Waals surface area contributed by atoms with Crippen LogP contribution >= 0.6 is 0 Å². The van der Waals surface area contributed by atoms with Gasteiger partial charge in [-0.1, -0.05) is 0 Å². The van der Waals surface area contributed by atoms with E-state index in [-0.39, 0.29) is 5.54 Å². The minimum Gasteiger partial charge on any atom is -0.380 e. The Morgan fingerprint density at radius 3 is 2.53 bits per heavy atom. The molecule has 1 aromatic rings. The average molecular weight is 207 g/mol. The molecule has 1 rings (SSSR count). The van der Waals surface area contributed by atoms with Crippen molar-refractivity contribution >= 4 is 5.69 Å². The first-order chi connectivity index (χ1) is 6.92. The molecule has 3 nitrogen and oxygen atoms in total. The summed E-state index contributed by atoms with van der Waals surface area (Å²) in [5.74, 6) is 0. The van der Waals surface area contributed by atoms with Gasteiger partial charge in [0.25, 0.3) is 0 Å². The standard InChI is InChI=1S/C12H21N3/c1-9-6-11(15-12(2,3)4)10(7-13-5)8-14-9/h6,8,13H,7H2,1-5H3,(H,14,15). The van der Waals surface area contributed by atoms with Crippen molar-refractivity contribution in [1.82, 2.24) is 10.3 Å². The first kappa shape index (κ1) is 12.0.